The third kappa shape index (κ3) is 4.47. The lowest BCUT2D eigenvalue weighted by atomic mass is 9.79. The van der Waals surface area contributed by atoms with E-state index in [0.717, 1.165) is 5.69 Å². The summed E-state index contributed by atoms with van der Waals surface area (Å²) in [5.41, 5.74) is 1.08. The van der Waals surface area contributed by atoms with Gasteiger partial charge in [-0.25, -0.2) is 14.3 Å². The van der Waals surface area contributed by atoms with Crippen LogP contribution in [0.25, 0.3) is 5.65 Å². The van der Waals surface area contributed by atoms with E-state index in [9.17, 15) is 4.79 Å². The van der Waals surface area contributed by atoms with Crippen LogP contribution in [0.3, 0.4) is 0 Å². The Morgan fingerprint density at radius 2 is 1.84 bits per heavy atom. The molecule has 0 saturated heterocycles. The van der Waals surface area contributed by atoms with Crippen molar-refractivity contribution in [3.05, 3.63) is 23.1 Å². The van der Waals surface area contributed by atoms with E-state index in [1.807, 2.05) is 20.8 Å². The standard InChI is InChI=1S/C22H35ClN4O3Si/c1-20(2,3)29-19(28)26-13-15(30-31(9,10)21(4,5)6)22(7,8)18-14(26)12-24-17-11-16(23)25-27(17)18/h11-12,15H,13H2,1-10H3. The summed E-state index contributed by atoms with van der Waals surface area (Å²) < 4.78 is 14.3. The van der Waals surface area contributed by atoms with Crippen LogP contribution in [0.2, 0.25) is 23.3 Å². The van der Waals surface area contributed by atoms with Crippen molar-refractivity contribution in [2.45, 2.75) is 90.6 Å². The molecule has 0 aliphatic carbocycles. The zero-order chi connectivity index (χ0) is 23.6. The molecule has 0 aromatic carbocycles. The van der Waals surface area contributed by atoms with Crippen LogP contribution in [0.1, 0.15) is 61.1 Å². The first kappa shape index (κ1) is 24.0. The van der Waals surface area contributed by atoms with Gasteiger partial charge in [0.25, 0.3) is 0 Å². The van der Waals surface area contributed by atoms with E-state index < -0.39 is 25.4 Å². The summed E-state index contributed by atoms with van der Waals surface area (Å²) in [4.78, 5) is 19.3. The van der Waals surface area contributed by atoms with Crippen molar-refractivity contribution >= 4 is 37.3 Å². The highest BCUT2D eigenvalue weighted by atomic mass is 35.5. The van der Waals surface area contributed by atoms with Crippen LogP contribution in [0.15, 0.2) is 12.3 Å². The highest BCUT2D eigenvalue weighted by molar-refractivity contribution is 6.74. The van der Waals surface area contributed by atoms with E-state index in [2.05, 4.69) is 57.8 Å². The normalized spacial score (nSPS) is 19.5. The van der Waals surface area contributed by atoms with Crippen molar-refractivity contribution in [3.8, 4) is 0 Å². The number of aromatic nitrogens is 3. The SMILES string of the molecule is CC(C)(C)OC(=O)N1CC(O[Si](C)(C)C(C)(C)C)C(C)(C)c2c1cnc1cc(Cl)nn21. The molecule has 3 heterocycles. The molecule has 1 aliphatic rings. The van der Waals surface area contributed by atoms with Crippen molar-refractivity contribution in [1.29, 1.82) is 0 Å². The second kappa shape index (κ2) is 7.45. The van der Waals surface area contributed by atoms with Crippen molar-refractivity contribution < 1.29 is 14.0 Å². The van der Waals surface area contributed by atoms with Crippen LogP contribution in [0, 0.1) is 0 Å². The Kier molecular flexibility index (Phi) is 5.77. The second-order valence-electron chi connectivity index (χ2n) is 11.4. The molecule has 0 spiro atoms. The smallest absolute Gasteiger partial charge is 0.415 e. The molecule has 2 aromatic rings. The summed E-state index contributed by atoms with van der Waals surface area (Å²) in [5.74, 6) is 0. The average Bonchev–Trinajstić information content (AvgIpc) is 2.94. The molecule has 1 amide bonds. The van der Waals surface area contributed by atoms with Crippen molar-refractivity contribution in [3.63, 3.8) is 0 Å². The van der Waals surface area contributed by atoms with E-state index in [4.69, 9.17) is 20.8 Å². The predicted octanol–water partition coefficient (Wildman–Crippen LogP) is 5.81. The van der Waals surface area contributed by atoms with Crippen molar-refractivity contribution in [2.24, 2.45) is 0 Å². The molecule has 2 aromatic heterocycles. The van der Waals surface area contributed by atoms with Gasteiger partial charge in [0, 0.05) is 11.5 Å². The van der Waals surface area contributed by atoms with Gasteiger partial charge in [0.05, 0.1) is 30.2 Å². The van der Waals surface area contributed by atoms with Gasteiger partial charge < -0.3 is 9.16 Å². The van der Waals surface area contributed by atoms with Crippen molar-refractivity contribution in [2.75, 3.05) is 11.4 Å². The van der Waals surface area contributed by atoms with Gasteiger partial charge in [-0.2, -0.15) is 5.10 Å². The Morgan fingerprint density at radius 1 is 1.23 bits per heavy atom. The van der Waals surface area contributed by atoms with Crippen LogP contribution in [-0.4, -0.2) is 47.3 Å². The minimum Gasteiger partial charge on any atom is -0.443 e. The number of hydrogen-bond acceptors (Lipinski definition) is 5. The van der Waals surface area contributed by atoms with Gasteiger partial charge in [-0.05, 0) is 38.9 Å². The topological polar surface area (TPSA) is 69.0 Å². The number of hydrogen-bond donors (Lipinski definition) is 0. The van der Waals surface area contributed by atoms with Gasteiger partial charge >= 0.3 is 6.09 Å². The lowest BCUT2D eigenvalue weighted by molar-refractivity contribution is 0.0505. The van der Waals surface area contributed by atoms with E-state index in [1.54, 1.807) is 21.7 Å². The Balaban J connectivity index is 2.18. The number of ether oxygens (including phenoxy) is 1. The summed E-state index contributed by atoms with van der Waals surface area (Å²) in [6, 6.07) is 1.72. The first-order chi connectivity index (χ1) is 13.9. The highest BCUT2D eigenvalue weighted by Gasteiger charge is 2.49. The van der Waals surface area contributed by atoms with E-state index >= 15 is 0 Å². The maximum absolute atomic E-state index is 13.2. The molecule has 1 atom stereocenters. The zero-order valence-corrected chi connectivity index (χ0v) is 22.1. The minimum absolute atomic E-state index is 0.0304. The van der Waals surface area contributed by atoms with Crippen LogP contribution in [0.5, 0.6) is 0 Å². The lowest BCUT2D eigenvalue weighted by Gasteiger charge is -2.49. The van der Waals surface area contributed by atoms with Gasteiger partial charge in [0.1, 0.15) is 5.60 Å². The number of fused-ring (bicyclic) bond motifs is 3. The third-order valence-electron chi connectivity index (χ3n) is 6.35. The summed E-state index contributed by atoms with van der Waals surface area (Å²) >= 11 is 6.21. The Hall–Kier alpha value is -1.64. The lowest BCUT2D eigenvalue weighted by Crippen LogP contribution is -2.58. The fourth-order valence-corrected chi connectivity index (χ4v) is 5.16. The summed E-state index contributed by atoms with van der Waals surface area (Å²) in [6.07, 6.45) is 1.03. The maximum atomic E-state index is 13.2. The molecule has 1 aliphatic heterocycles. The molecule has 31 heavy (non-hydrogen) atoms. The molecule has 0 N–H and O–H groups in total. The fourth-order valence-electron chi connectivity index (χ4n) is 3.55. The second-order valence-corrected chi connectivity index (χ2v) is 16.6. The Morgan fingerprint density at radius 3 is 2.39 bits per heavy atom. The molecule has 1 unspecified atom stereocenters. The van der Waals surface area contributed by atoms with Crippen LogP contribution < -0.4 is 4.90 Å². The van der Waals surface area contributed by atoms with E-state index in [0.29, 0.717) is 23.0 Å². The number of amides is 1. The third-order valence-corrected chi connectivity index (χ3v) is 11.0. The van der Waals surface area contributed by atoms with Crippen molar-refractivity contribution in [1.82, 2.24) is 14.6 Å². The number of nitrogens with zero attached hydrogens (tertiary/aromatic N) is 4. The first-order valence-electron chi connectivity index (χ1n) is 10.7. The number of anilines is 1. The monoisotopic (exact) mass is 466 g/mol. The summed E-state index contributed by atoms with van der Waals surface area (Å²) in [7, 11) is -2.13. The molecule has 172 valence electrons. The van der Waals surface area contributed by atoms with Gasteiger partial charge in [-0.1, -0.05) is 46.2 Å². The van der Waals surface area contributed by atoms with Gasteiger partial charge in [0.2, 0.25) is 0 Å². The van der Waals surface area contributed by atoms with Crippen LogP contribution >= 0.6 is 11.6 Å². The molecule has 0 radical (unpaired) electrons. The molecular weight excluding hydrogens is 432 g/mol. The van der Waals surface area contributed by atoms with Gasteiger partial charge in [-0.3, -0.25) is 4.90 Å². The summed E-state index contributed by atoms with van der Waals surface area (Å²) in [5, 5.41) is 4.85. The molecule has 0 saturated carbocycles. The zero-order valence-electron chi connectivity index (χ0n) is 20.3. The summed E-state index contributed by atoms with van der Waals surface area (Å²) in [6.45, 7) is 21.3. The first-order valence-corrected chi connectivity index (χ1v) is 14.0. The Labute approximate surface area is 191 Å². The Bertz CT molecular complexity index is 1000. The molecule has 0 fully saturated rings. The molecular formula is C22H35ClN4O3Si. The molecule has 3 rings (SSSR count). The largest absolute Gasteiger partial charge is 0.443 e. The quantitative estimate of drug-likeness (QED) is 0.522. The predicted molar refractivity (Wildman–Crippen MR) is 127 cm³/mol. The highest BCUT2D eigenvalue weighted by Crippen LogP contribution is 2.45. The number of halogens is 1. The molecule has 0 bridgehead atoms. The minimum atomic E-state index is -2.13. The van der Waals surface area contributed by atoms with Crippen LogP contribution in [-0.2, 0) is 14.6 Å². The fraction of sp³-hybridized carbons (Fsp3) is 0.682. The molecule has 9 heteroatoms. The van der Waals surface area contributed by atoms with Gasteiger partial charge in [-0.15, -0.1) is 0 Å². The average molecular weight is 467 g/mol. The van der Waals surface area contributed by atoms with E-state index in [1.165, 1.54) is 0 Å². The number of carbonyl (C=O) groups excluding carboxylic acids is 1. The van der Waals surface area contributed by atoms with Crippen LogP contribution in [0.4, 0.5) is 10.5 Å². The maximum Gasteiger partial charge on any atom is 0.415 e. The number of carbonyl (C=O) groups is 1. The number of rotatable bonds is 2. The molecule has 7 nitrogen and oxygen atoms in total. The van der Waals surface area contributed by atoms with E-state index in [-0.39, 0.29) is 11.1 Å². The van der Waals surface area contributed by atoms with Gasteiger partial charge in [0.15, 0.2) is 19.1 Å².